The number of nitrogens with zero attached hydrogens (tertiary/aromatic N) is 1. The summed E-state index contributed by atoms with van der Waals surface area (Å²) in [5.41, 5.74) is 2.03. The summed E-state index contributed by atoms with van der Waals surface area (Å²) in [5, 5.41) is 0. The first-order chi connectivity index (χ1) is 13.9. The molecule has 152 valence electrons. The van der Waals surface area contributed by atoms with E-state index in [-0.39, 0.29) is 36.1 Å². The van der Waals surface area contributed by atoms with Crippen molar-refractivity contribution >= 4 is 21.7 Å². The van der Waals surface area contributed by atoms with E-state index in [1.54, 1.807) is 17.0 Å². The number of sulfone groups is 1. The van der Waals surface area contributed by atoms with Crippen molar-refractivity contribution in [3.63, 3.8) is 0 Å². The molecule has 2 aromatic rings. The summed E-state index contributed by atoms with van der Waals surface area (Å²) in [7, 11) is -3.09. The number of carbonyl (C=O) groups excluding carboxylic acids is 2. The van der Waals surface area contributed by atoms with E-state index in [1.807, 2.05) is 42.5 Å². The second-order valence-electron chi connectivity index (χ2n) is 7.58. The molecule has 1 aliphatic heterocycles. The zero-order valence-corrected chi connectivity index (χ0v) is 16.8. The third-order valence-electron chi connectivity index (χ3n) is 5.39. The molecule has 1 saturated carbocycles. The van der Waals surface area contributed by atoms with E-state index in [2.05, 4.69) is 0 Å². The predicted octanol–water partition coefficient (Wildman–Crippen LogP) is 2.69. The van der Waals surface area contributed by atoms with Gasteiger partial charge < -0.3 is 9.64 Å². The monoisotopic (exact) mass is 413 g/mol. The van der Waals surface area contributed by atoms with Crippen LogP contribution in [0.1, 0.15) is 29.6 Å². The van der Waals surface area contributed by atoms with Crippen LogP contribution in [0.3, 0.4) is 0 Å². The number of rotatable bonds is 6. The molecule has 2 aliphatic rings. The number of hydrogen-bond donors (Lipinski definition) is 0. The van der Waals surface area contributed by atoms with Crippen molar-refractivity contribution in [2.75, 3.05) is 18.1 Å². The molecule has 2 aromatic carbocycles. The molecule has 4 rings (SSSR count). The van der Waals surface area contributed by atoms with E-state index in [1.165, 1.54) is 0 Å². The average Bonchev–Trinajstić information content (AvgIpc) is 3.49. The molecule has 6 nitrogen and oxygen atoms in total. The smallest absolute Gasteiger partial charge is 0.339 e. The molecule has 29 heavy (non-hydrogen) atoms. The van der Waals surface area contributed by atoms with Gasteiger partial charge in [-0.3, -0.25) is 4.79 Å². The lowest BCUT2D eigenvalue weighted by molar-refractivity contribution is -0.137. The molecule has 0 unspecified atom stereocenters. The number of carbonyl (C=O) groups is 2. The Balaban J connectivity index is 1.45. The summed E-state index contributed by atoms with van der Waals surface area (Å²) in [6.07, 6.45) is 2.19. The molecule has 7 heteroatoms. The van der Waals surface area contributed by atoms with Gasteiger partial charge in [-0.2, -0.15) is 0 Å². The fraction of sp³-hybridized carbons (Fsp3) is 0.364. The highest BCUT2D eigenvalue weighted by Gasteiger charge is 2.42. The lowest BCUT2D eigenvalue weighted by Gasteiger charge is -2.28. The predicted molar refractivity (Wildman–Crippen MR) is 109 cm³/mol. The second kappa shape index (κ2) is 7.99. The van der Waals surface area contributed by atoms with Crippen LogP contribution in [0, 0.1) is 0 Å². The second-order valence-corrected chi connectivity index (χ2v) is 9.81. The Bertz CT molecular complexity index is 1010. The molecule has 1 amide bonds. The van der Waals surface area contributed by atoms with E-state index in [0.717, 1.165) is 24.0 Å². The molecule has 1 saturated heterocycles. The number of esters is 1. The van der Waals surface area contributed by atoms with Crippen LogP contribution >= 0.6 is 0 Å². The van der Waals surface area contributed by atoms with Gasteiger partial charge in [0.25, 0.3) is 5.91 Å². The van der Waals surface area contributed by atoms with Crippen molar-refractivity contribution in [1.82, 2.24) is 4.90 Å². The Labute approximate surface area is 170 Å². The van der Waals surface area contributed by atoms with E-state index < -0.39 is 15.8 Å². The minimum atomic E-state index is -3.09. The van der Waals surface area contributed by atoms with Crippen LogP contribution in [0.4, 0.5) is 0 Å². The van der Waals surface area contributed by atoms with Crippen molar-refractivity contribution in [1.29, 1.82) is 0 Å². The lowest BCUT2D eigenvalue weighted by Crippen LogP contribution is -2.44. The van der Waals surface area contributed by atoms with Gasteiger partial charge in [0.2, 0.25) is 0 Å². The Morgan fingerprint density at radius 2 is 1.62 bits per heavy atom. The molecule has 1 aliphatic carbocycles. The summed E-state index contributed by atoms with van der Waals surface area (Å²) < 4.78 is 29.0. The summed E-state index contributed by atoms with van der Waals surface area (Å²) in [4.78, 5) is 27.1. The Hall–Kier alpha value is -2.67. The highest BCUT2D eigenvalue weighted by atomic mass is 32.2. The zero-order chi connectivity index (χ0) is 20.4. The van der Waals surface area contributed by atoms with Crippen LogP contribution in [-0.4, -0.2) is 55.4 Å². The van der Waals surface area contributed by atoms with Crippen molar-refractivity contribution in [3.05, 3.63) is 60.2 Å². The van der Waals surface area contributed by atoms with Crippen molar-refractivity contribution < 1.29 is 22.7 Å². The zero-order valence-electron chi connectivity index (χ0n) is 16.0. The van der Waals surface area contributed by atoms with Crippen LogP contribution in [0.15, 0.2) is 54.6 Å². The first kappa shape index (κ1) is 19.6. The fourth-order valence-corrected chi connectivity index (χ4v) is 5.57. The maximum Gasteiger partial charge on any atom is 0.339 e. The molecule has 1 atom stereocenters. The van der Waals surface area contributed by atoms with Gasteiger partial charge in [-0.1, -0.05) is 48.5 Å². The molecule has 0 aromatic heterocycles. The van der Waals surface area contributed by atoms with Crippen LogP contribution in [0.25, 0.3) is 11.1 Å². The van der Waals surface area contributed by atoms with Gasteiger partial charge in [0.1, 0.15) is 0 Å². The van der Waals surface area contributed by atoms with Crippen molar-refractivity contribution in [2.24, 2.45) is 0 Å². The number of amides is 1. The highest BCUT2D eigenvalue weighted by Crippen LogP contribution is 2.32. The van der Waals surface area contributed by atoms with Crippen LogP contribution < -0.4 is 0 Å². The van der Waals surface area contributed by atoms with Crippen molar-refractivity contribution in [3.8, 4) is 11.1 Å². The molecule has 2 fully saturated rings. The third-order valence-corrected chi connectivity index (χ3v) is 7.14. The summed E-state index contributed by atoms with van der Waals surface area (Å²) >= 11 is 0. The molecular formula is C22H23NO5S. The molecule has 0 spiro atoms. The average molecular weight is 413 g/mol. The van der Waals surface area contributed by atoms with E-state index in [9.17, 15) is 18.0 Å². The largest absolute Gasteiger partial charge is 0.452 e. The number of hydrogen-bond acceptors (Lipinski definition) is 5. The van der Waals surface area contributed by atoms with Gasteiger partial charge in [0, 0.05) is 12.1 Å². The SMILES string of the molecule is O=C(OCC(=O)N(C1CC1)[C@@H]1CCS(=O)(=O)C1)c1ccccc1-c1ccccc1. The van der Waals surface area contributed by atoms with E-state index >= 15 is 0 Å². The number of benzene rings is 2. The summed E-state index contributed by atoms with van der Waals surface area (Å²) in [6.45, 7) is -0.380. The maximum atomic E-state index is 12.8. The Morgan fingerprint density at radius 3 is 2.28 bits per heavy atom. The summed E-state index contributed by atoms with van der Waals surface area (Å²) in [6, 6.07) is 16.4. The van der Waals surface area contributed by atoms with Gasteiger partial charge in [0.15, 0.2) is 16.4 Å². The minimum Gasteiger partial charge on any atom is -0.452 e. The normalized spacial score (nSPS) is 20.2. The number of ether oxygens (including phenoxy) is 1. The van der Waals surface area contributed by atoms with Crippen LogP contribution in [-0.2, 0) is 19.4 Å². The highest BCUT2D eigenvalue weighted by molar-refractivity contribution is 7.91. The fourth-order valence-electron chi connectivity index (χ4n) is 3.86. The van der Waals surface area contributed by atoms with E-state index in [4.69, 9.17) is 4.74 Å². The van der Waals surface area contributed by atoms with Gasteiger partial charge in [-0.25, -0.2) is 13.2 Å². The standard InChI is InChI=1S/C22H23NO5S/c24-21(23(17-10-11-17)18-12-13-29(26,27)15-18)14-28-22(25)20-9-5-4-8-19(20)16-6-2-1-3-7-16/h1-9,17-18H,10-15H2/t18-/m1/s1. The molecule has 0 radical (unpaired) electrons. The van der Waals surface area contributed by atoms with E-state index in [0.29, 0.717) is 12.0 Å². The topological polar surface area (TPSA) is 80.8 Å². The minimum absolute atomic E-state index is 0.0000268. The van der Waals surface area contributed by atoms with Crippen LogP contribution in [0.5, 0.6) is 0 Å². The molecule has 1 heterocycles. The third kappa shape index (κ3) is 4.50. The van der Waals surface area contributed by atoms with Crippen LogP contribution in [0.2, 0.25) is 0 Å². The summed E-state index contributed by atoms with van der Waals surface area (Å²) in [5.74, 6) is -0.772. The quantitative estimate of drug-likeness (QED) is 0.680. The first-order valence-electron chi connectivity index (χ1n) is 9.78. The van der Waals surface area contributed by atoms with Gasteiger partial charge in [0.05, 0.1) is 17.1 Å². The molecule has 0 N–H and O–H groups in total. The maximum absolute atomic E-state index is 12.8. The van der Waals surface area contributed by atoms with Gasteiger partial charge in [-0.05, 0) is 36.5 Å². The molecular weight excluding hydrogens is 390 g/mol. The molecule has 0 bridgehead atoms. The Morgan fingerprint density at radius 1 is 0.931 bits per heavy atom. The van der Waals surface area contributed by atoms with Gasteiger partial charge >= 0.3 is 5.97 Å². The first-order valence-corrected chi connectivity index (χ1v) is 11.6. The van der Waals surface area contributed by atoms with Gasteiger partial charge in [-0.15, -0.1) is 0 Å². The van der Waals surface area contributed by atoms with Crippen molar-refractivity contribution in [2.45, 2.75) is 31.3 Å². The Kier molecular flexibility index (Phi) is 5.41. The lowest BCUT2D eigenvalue weighted by atomic mass is 10.00.